The van der Waals surface area contributed by atoms with E-state index in [9.17, 15) is 0 Å². The zero-order valence-corrected chi connectivity index (χ0v) is 33.6. The van der Waals surface area contributed by atoms with Gasteiger partial charge >= 0.3 is 0 Å². The van der Waals surface area contributed by atoms with Gasteiger partial charge in [0.2, 0.25) is 0 Å². The van der Waals surface area contributed by atoms with Crippen molar-refractivity contribution < 1.29 is 0 Å². The first kappa shape index (κ1) is 36.1. The number of anilines is 3. The Kier molecular flexibility index (Phi) is 9.26. The third-order valence-corrected chi connectivity index (χ3v) is 12.1. The van der Waals surface area contributed by atoms with Crippen molar-refractivity contribution in [1.29, 1.82) is 0 Å². The Morgan fingerprint density at radius 2 is 0.639 bits per heavy atom. The molecule has 0 heterocycles. The Hall–Kier alpha value is -8.00. The molecule has 0 aliphatic heterocycles. The molecule has 0 fully saturated rings. The molecule has 0 N–H and O–H groups in total. The molecule has 0 aliphatic rings. The molecule has 0 atom stereocenters. The summed E-state index contributed by atoms with van der Waals surface area (Å²) in [5.74, 6) is 0. The second-order valence-electron chi connectivity index (χ2n) is 15.7. The van der Waals surface area contributed by atoms with Crippen LogP contribution in [0.4, 0.5) is 17.1 Å². The lowest BCUT2D eigenvalue weighted by atomic mass is 9.89. The monoisotopic (exact) mass is 775 g/mol. The van der Waals surface area contributed by atoms with Crippen molar-refractivity contribution >= 4 is 49.4 Å². The van der Waals surface area contributed by atoms with Crippen molar-refractivity contribution in [2.45, 2.75) is 0 Å². The fourth-order valence-corrected chi connectivity index (χ4v) is 8.96. The summed E-state index contributed by atoms with van der Waals surface area (Å²) in [6.45, 7) is 0. The van der Waals surface area contributed by atoms with Gasteiger partial charge in [-0.2, -0.15) is 0 Å². The maximum absolute atomic E-state index is 2.36. The number of fused-ring (bicyclic) bond motifs is 3. The van der Waals surface area contributed by atoms with Crippen molar-refractivity contribution in [2.75, 3.05) is 4.90 Å². The lowest BCUT2D eigenvalue weighted by Gasteiger charge is -2.26. The molecule has 0 saturated heterocycles. The Morgan fingerprint density at radius 3 is 1.30 bits per heavy atom. The van der Waals surface area contributed by atoms with Gasteiger partial charge < -0.3 is 4.90 Å². The molecule has 0 unspecified atom stereocenters. The first-order valence-corrected chi connectivity index (χ1v) is 21.0. The minimum atomic E-state index is 1.09. The van der Waals surface area contributed by atoms with Crippen LogP contribution >= 0.6 is 0 Å². The largest absolute Gasteiger partial charge is 0.311 e. The zero-order valence-electron chi connectivity index (χ0n) is 33.6. The van der Waals surface area contributed by atoms with Crippen molar-refractivity contribution in [1.82, 2.24) is 0 Å². The van der Waals surface area contributed by atoms with Gasteiger partial charge in [0, 0.05) is 17.1 Å². The summed E-state index contributed by atoms with van der Waals surface area (Å²) in [7, 11) is 0. The molecule has 0 bridgehead atoms. The molecular weight excluding hydrogens is 735 g/mol. The molecule has 61 heavy (non-hydrogen) atoms. The maximum Gasteiger partial charge on any atom is 0.0462 e. The van der Waals surface area contributed by atoms with Gasteiger partial charge in [-0.1, -0.05) is 206 Å². The van der Waals surface area contributed by atoms with Crippen molar-refractivity contribution in [3.63, 3.8) is 0 Å². The average Bonchev–Trinajstić information content (AvgIpc) is 3.34. The highest BCUT2D eigenvalue weighted by molar-refractivity contribution is 6.04. The highest BCUT2D eigenvalue weighted by atomic mass is 15.1. The SMILES string of the molecule is c1ccc(-c2ccc3ccccc3c2-c2ccc(N(c3ccc(-c4ccc(-c5cccc6ccccc56)cc4)cc3)c3ccc(-c4ccc5ccccc5c4)cc3)cc2)cc1. The van der Waals surface area contributed by atoms with Crippen LogP contribution in [0.5, 0.6) is 0 Å². The van der Waals surface area contributed by atoms with Crippen molar-refractivity contribution in [3.05, 3.63) is 249 Å². The zero-order chi connectivity index (χ0) is 40.5. The van der Waals surface area contributed by atoms with E-state index in [2.05, 4.69) is 254 Å². The third-order valence-electron chi connectivity index (χ3n) is 12.1. The lowest BCUT2D eigenvalue weighted by molar-refractivity contribution is 1.28. The molecule has 0 radical (unpaired) electrons. The Morgan fingerprint density at radius 1 is 0.213 bits per heavy atom. The number of hydrogen-bond donors (Lipinski definition) is 0. The van der Waals surface area contributed by atoms with Crippen LogP contribution in [0.2, 0.25) is 0 Å². The van der Waals surface area contributed by atoms with Gasteiger partial charge in [0.1, 0.15) is 0 Å². The quantitative estimate of drug-likeness (QED) is 0.149. The van der Waals surface area contributed by atoms with E-state index >= 15 is 0 Å². The standard InChI is InChI=1S/C60H41N/c1-2-12-47(13-3-1)59-40-33-48-15-7-9-19-58(48)60(59)50-31-38-55(39-32-50)61(54-36-29-45(30-37-54)52-26-23-42-11-4-5-16-51(42)41-52)53-34-27-44(28-35-53)43-21-24-49(25-22-43)57-20-10-17-46-14-6-8-18-56(46)57/h1-41H. The molecule has 1 heteroatoms. The van der Waals surface area contributed by atoms with E-state index < -0.39 is 0 Å². The second kappa shape index (κ2) is 15.6. The molecule has 0 saturated carbocycles. The normalized spacial score (nSPS) is 11.3. The summed E-state index contributed by atoms with van der Waals surface area (Å²) in [5.41, 5.74) is 15.4. The first-order valence-electron chi connectivity index (χ1n) is 21.0. The minimum absolute atomic E-state index is 1.09. The van der Waals surface area contributed by atoms with E-state index in [1.807, 2.05) is 0 Å². The average molecular weight is 776 g/mol. The number of benzene rings is 11. The van der Waals surface area contributed by atoms with Crippen LogP contribution in [0.3, 0.4) is 0 Å². The van der Waals surface area contributed by atoms with Crippen LogP contribution in [0.25, 0.3) is 88.0 Å². The lowest BCUT2D eigenvalue weighted by Crippen LogP contribution is -2.09. The fourth-order valence-electron chi connectivity index (χ4n) is 8.96. The minimum Gasteiger partial charge on any atom is -0.311 e. The molecule has 0 spiro atoms. The van der Waals surface area contributed by atoms with E-state index in [0.717, 1.165) is 17.1 Å². The predicted molar refractivity (Wildman–Crippen MR) is 261 cm³/mol. The molecule has 0 aliphatic carbocycles. The van der Waals surface area contributed by atoms with Crippen LogP contribution < -0.4 is 4.90 Å². The molecule has 11 aromatic carbocycles. The van der Waals surface area contributed by atoms with Gasteiger partial charge in [-0.05, 0) is 130 Å². The van der Waals surface area contributed by atoms with Gasteiger partial charge in [-0.3, -0.25) is 0 Å². The summed E-state index contributed by atoms with van der Waals surface area (Å²) in [6, 6.07) is 90.4. The van der Waals surface area contributed by atoms with Crippen LogP contribution in [0.1, 0.15) is 0 Å². The van der Waals surface area contributed by atoms with Gasteiger partial charge in [0.05, 0.1) is 0 Å². The first-order chi connectivity index (χ1) is 30.2. The van der Waals surface area contributed by atoms with Crippen molar-refractivity contribution in [2.24, 2.45) is 0 Å². The predicted octanol–water partition coefficient (Wildman–Crippen LogP) is 17.0. The van der Waals surface area contributed by atoms with Crippen molar-refractivity contribution in [3.8, 4) is 55.6 Å². The number of hydrogen-bond acceptors (Lipinski definition) is 1. The molecule has 0 amide bonds. The molecule has 11 rings (SSSR count). The van der Waals surface area contributed by atoms with Gasteiger partial charge in [-0.25, -0.2) is 0 Å². The summed E-state index contributed by atoms with van der Waals surface area (Å²) in [4.78, 5) is 2.36. The van der Waals surface area contributed by atoms with Crippen LogP contribution in [0, 0.1) is 0 Å². The number of rotatable bonds is 8. The fraction of sp³-hybridized carbons (Fsp3) is 0. The third kappa shape index (κ3) is 6.93. The van der Waals surface area contributed by atoms with E-state index in [-0.39, 0.29) is 0 Å². The summed E-state index contributed by atoms with van der Waals surface area (Å²) in [5, 5.41) is 7.51. The maximum atomic E-state index is 2.36. The Balaban J connectivity index is 0.967. The summed E-state index contributed by atoms with van der Waals surface area (Å²) >= 11 is 0. The van der Waals surface area contributed by atoms with E-state index in [1.54, 1.807) is 0 Å². The molecule has 286 valence electrons. The van der Waals surface area contributed by atoms with Crippen LogP contribution in [0.15, 0.2) is 249 Å². The van der Waals surface area contributed by atoms with E-state index in [1.165, 1.54) is 88.0 Å². The van der Waals surface area contributed by atoms with E-state index in [4.69, 9.17) is 0 Å². The number of nitrogens with zero attached hydrogens (tertiary/aromatic N) is 1. The summed E-state index contributed by atoms with van der Waals surface area (Å²) in [6.07, 6.45) is 0. The Labute approximate surface area is 357 Å². The van der Waals surface area contributed by atoms with Gasteiger partial charge in [0.15, 0.2) is 0 Å². The highest BCUT2D eigenvalue weighted by Crippen LogP contribution is 2.42. The van der Waals surface area contributed by atoms with E-state index in [0.29, 0.717) is 0 Å². The molecule has 11 aromatic rings. The van der Waals surface area contributed by atoms with Gasteiger partial charge in [0.25, 0.3) is 0 Å². The summed E-state index contributed by atoms with van der Waals surface area (Å²) < 4.78 is 0. The topological polar surface area (TPSA) is 3.24 Å². The van der Waals surface area contributed by atoms with Gasteiger partial charge in [-0.15, -0.1) is 0 Å². The molecule has 0 aromatic heterocycles. The highest BCUT2D eigenvalue weighted by Gasteiger charge is 2.17. The molecular formula is C60H41N. The van der Waals surface area contributed by atoms with Crippen LogP contribution in [-0.4, -0.2) is 0 Å². The second-order valence-corrected chi connectivity index (χ2v) is 15.7. The smallest absolute Gasteiger partial charge is 0.0462 e. The Bertz CT molecular complexity index is 3300. The molecule has 1 nitrogen and oxygen atoms in total. The van der Waals surface area contributed by atoms with Crippen LogP contribution in [-0.2, 0) is 0 Å².